The first kappa shape index (κ1) is 12.2. The quantitative estimate of drug-likeness (QED) is 0.713. The number of hydrogen-bond donors (Lipinski definition) is 1. The van der Waals surface area contributed by atoms with Crippen LogP contribution < -0.4 is 0 Å². The summed E-state index contributed by atoms with van der Waals surface area (Å²) in [5, 5.41) is 7.76. The molecule has 0 amide bonds. The van der Waals surface area contributed by atoms with E-state index in [0.29, 0.717) is 0 Å². The fraction of sp³-hybridized carbons (Fsp3) is 0.333. The van der Waals surface area contributed by atoms with E-state index in [1.807, 2.05) is 0 Å². The van der Waals surface area contributed by atoms with Gasteiger partial charge in [-0.15, -0.1) is 6.58 Å². The van der Waals surface area contributed by atoms with Gasteiger partial charge in [0, 0.05) is 0 Å². The molecule has 1 N–H and O–H groups in total. The molecular formula is C3H6Cl3OZr. The van der Waals surface area contributed by atoms with Crippen molar-refractivity contribution in [3.05, 3.63) is 12.7 Å². The van der Waals surface area contributed by atoms with E-state index in [0.717, 1.165) is 0 Å². The summed E-state index contributed by atoms with van der Waals surface area (Å²) in [7, 11) is 15.0. The zero-order valence-electron chi connectivity index (χ0n) is 4.07. The monoisotopic (exact) mass is 253 g/mol. The molecule has 0 aromatic heterocycles. The summed E-state index contributed by atoms with van der Waals surface area (Å²) in [4.78, 5) is 0. The van der Waals surface area contributed by atoms with Crippen molar-refractivity contribution in [2.45, 2.75) is 0 Å². The van der Waals surface area contributed by atoms with Gasteiger partial charge in [-0.2, -0.15) is 0 Å². The second kappa shape index (κ2) is 11.3. The zero-order valence-corrected chi connectivity index (χ0v) is 8.80. The first-order chi connectivity index (χ1) is 3.65. The molecule has 0 bridgehead atoms. The molecule has 49 valence electrons. The second-order valence-electron chi connectivity index (χ2n) is 0.686. The van der Waals surface area contributed by atoms with Crippen molar-refractivity contribution in [1.82, 2.24) is 0 Å². The summed E-state index contributed by atoms with van der Waals surface area (Å²) in [6, 6.07) is 0. The molecule has 5 heteroatoms. The van der Waals surface area contributed by atoms with E-state index in [1.54, 1.807) is 0 Å². The number of aliphatic hydroxyl groups excluding tert-OH is 1. The molecule has 0 spiro atoms. The van der Waals surface area contributed by atoms with Gasteiger partial charge in [-0.05, 0) is 0 Å². The summed E-state index contributed by atoms with van der Waals surface area (Å²) < 4.78 is 0. The van der Waals surface area contributed by atoms with Crippen LogP contribution in [0.5, 0.6) is 0 Å². The van der Waals surface area contributed by atoms with Gasteiger partial charge < -0.3 is 5.11 Å². The van der Waals surface area contributed by atoms with Crippen LogP contribution >= 0.6 is 25.5 Å². The van der Waals surface area contributed by atoms with Crippen LogP contribution in [-0.2, 0) is 18.2 Å². The fourth-order valence-corrected chi connectivity index (χ4v) is 0. The Morgan fingerprint density at radius 3 is 1.62 bits per heavy atom. The maximum absolute atomic E-state index is 7.76. The summed E-state index contributed by atoms with van der Waals surface area (Å²) >= 11 is -2.13. The standard InChI is InChI=1S/C3H6O.3ClH.Zr/c1-2-3-4;;;;/h2,4H,1,3H2;3*1H;/q;;;;+3/p-3. The molecule has 8 heavy (non-hydrogen) atoms. The molecule has 1 nitrogen and oxygen atoms in total. The summed E-state index contributed by atoms with van der Waals surface area (Å²) in [5.74, 6) is 0. The Kier molecular flexibility index (Phi) is 17.1. The fourth-order valence-electron chi connectivity index (χ4n) is 0. The summed E-state index contributed by atoms with van der Waals surface area (Å²) in [6.07, 6.45) is 1.43. The molecule has 0 unspecified atom stereocenters. The second-order valence-corrected chi connectivity index (χ2v) is 11.9. The number of hydrogen-bond acceptors (Lipinski definition) is 1. The third-order valence-corrected chi connectivity index (χ3v) is 0.129. The van der Waals surface area contributed by atoms with Gasteiger partial charge >= 0.3 is 43.7 Å². The van der Waals surface area contributed by atoms with Crippen molar-refractivity contribution in [3.63, 3.8) is 0 Å². The topological polar surface area (TPSA) is 20.2 Å². The molecule has 0 atom stereocenters. The van der Waals surface area contributed by atoms with Crippen LogP contribution in [0.4, 0.5) is 0 Å². The van der Waals surface area contributed by atoms with Gasteiger partial charge in [0.2, 0.25) is 0 Å². The Morgan fingerprint density at radius 2 is 1.62 bits per heavy atom. The van der Waals surface area contributed by atoms with E-state index in [1.165, 1.54) is 6.08 Å². The van der Waals surface area contributed by atoms with Crippen molar-refractivity contribution < 1.29 is 23.3 Å². The third-order valence-electron chi connectivity index (χ3n) is 0.129. The molecular weight excluding hydrogens is 250 g/mol. The Hall–Kier alpha value is 1.45. The van der Waals surface area contributed by atoms with E-state index in [4.69, 9.17) is 30.6 Å². The van der Waals surface area contributed by atoms with Gasteiger partial charge in [-0.25, -0.2) is 0 Å². The van der Waals surface area contributed by atoms with Crippen LogP contribution in [0.15, 0.2) is 12.7 Å². The summed E-state index contributed by atoms with van der Waals surface area (Å²) in [6.45, 7) is 3.31. The van der Waals surface area contributed by atoms with Gasteiger partial charge in [-0.3, -0.25) is 0 Å². The van der Waals surface area contributed by atoms with Gasteiger partial charge in [0.1, 0.15) is 0 Å². The van der Waals surface area contributed by atoms with Crippen LogP contribution in [0, 0.1) is 0 Å². The molecule has 0 aromatic carbocycles. The number of aliphatic hydroxyl groups is 1. The van der Waals surface area contributed by atoms with E-state index in [9.17, 15) is 0 Å². The molecule has 0 saturated heterocycles. The van der Waals surface area contributed by atoms with Crippen molar-refractivity contribution >= 4 is 25.5 Å². The van der Waals surface area contributed by atoms with Crippen molar-refractivity contribution in [2.24, 2.45) is 0 Å². The minimum absolute atomic E-state index is 0.0833. The Balaban J connectivity index is 0. The van der Waals surface area contributed by atoms with E-state index < -0.39 is 18.2 Å². The molecule has 0 radical (unpaired) electrons. The van der Waals surface area contributed by atoms with E-state index in [2.05, 4.69) is 6.58 Å². The van der Waals surface area contributed by atoms with Crippen molar-refractivity contribution in [2.75, 3.05) is 6.61 Å². The van der Waals surface area contributed by atoms with Gasteiger partial charge in [0.15, 0.2) is 0 Å². The summed E-state index contributed by atoms with van der Waals surface area (Å²) in [5.41, 5.74) is 0. The third kappa shape index (κ3) is 51.6. The van der Waals surface area contributed by atoms with Crippen LogP contribution in [0.1, 0.15) is 0 Å². The van der Waals surface area contributed by atoms with Crippen LogP contribution in [0.25, 0.3) is 0 Å². The zero-order chi connectivity index (χ0) is 6.99. The van der Waals surface area contributed by atoms with Gasteiger partial charge in [0.05, 0.1) is 6.61 Å². The Bertz CT molecular complexity index is 47.0. The SMILES string of the molecule is C=CCO.[Cl][Zr]([Cl])[Cl]. The molecule has 0 fully saturated rings. The van der Waals surface area contributed by atoms with Crippen LogP contribution in [-0.4, -0.2) is 11.7 Å². The normalized spacial score (nSPS) is 6.50. The molecule has 0 aliphatic rings. The first-order valence-electron chi connectivity index (χ1n) is 1.70. The minimum atomic E-state index is -2.13. The molecule has 0 aliphatic heterocycles. The van der Waals surface area contributed by atoms with Crippen LogP contribution in [0.2, 0.25) is 0 Å². The van der Waals surface area contributed by atoms with Gasteiger partial charge in [0.25, 0.3) is 0 Å². The van der Waals surface area contributed by atoms with Gasteiger partial charge in [-0.1, -0.05) is 6.08 Å². The molecule has 0 saturated carbocycles. The maximum atomic E-state index is 7.76. The van der Waals surface area contributed by atoms with Crippen LogP contribution in [0.3, 0.4) is 0 Å². The van der Waals surface area contributed by atoms with Crippen molar-refractivity contribution in [1.29, 1.82) is 0 Å². The molecule has 0 aliphatic carbocycles. The predicted octanol–water partition coefficient (Wildman–Crippen LogP) is 2.23. The van der Waals surface area contributed by atoms with Crippen molar-refractivity contribution in [3.8, 4) is 0 Å². The predicted molar refractivity (Wildman–Crippen MR) is 34.8 cm³/mol. The Morgan fingerprint density at radius 1 is 1.50 bits per heavy atom. The molecule has 0 rings (SSSR count). The average molecular weight is 256 g/mol. The molecule has 0 aromatic rings. The average Bonchev–Trinajstić information content (AvgIpc) is 1.65. The Labute approximate surface area is 67.6 Å². The number of halogens is 3. The first-order valence-corrected chi connectivity index (χ1v) is 11.2. The van der Waals surface area contributed by atoms with E-state index in [-0.39, 0.29) is 6.61 Å². The molecule has 0 heterocycles. The number of rotatable bonds is 1. The van der Waals surface area contributed by atoms with E-state index >= 15 is 0 Å².